The van der Waals surface area contributed by atoms with E-state index in [0.29, 0.717) is 0 Å². The van der Waals surface area contributed by atoms with Crippen molar-refractivity contribution >= 4 is 16.4 Å². The SMILES string of the molecule is O=C(O)c1ccccn1.O=S(=O)([O-])[O-].[Fe+2]. The van der Waals surface area contributed by atoms with Crippen LogP contribution in [0.1, 0.15) is 10.5 Å². The van der Waals surface area contributed by atoms with Gasteiger partial charge in [0.2, 0.25) is 0 Å². The number of carboxylic acids is 1. The minimum absolute atomic E-state index is 0. The molecule has 0 aliphatic rings. The molecular weight excluding hydrogens is 270 g/mol. The average molecular weight is 275 g/mol. The Morgan fingerprint density at radius 1 is 1.33 bits per heavy atom. The Labute approximate surface area is 96.2 Å². The van der Waals surface area contributed by atoms with Crippen molar-refractivity contribution in [1.82, 2.24) is 4.98 Å². The van der Waals surface area contributed by atoms with Crippen LogP contribution in [-0.4, -0.2) is 33.6 Å². The largest absolute Gasteiger partial charge is 2.00 e. The Bertz CT molecular complexity index is 383. The minimum Gasteiger partial charge on any atom is -0.759 e. The van der Waals surface area contributed by atoms with Gasteiger partial charge in [-0.15, -0.1) is 0 Å². The molecular formula is C6H5FeNO6S. The van der Waals surface area contributed by atoms with Gasteiger partial charge in [0, 0.05) is 16.6 Å². The molecule has 1 aromatic rings. The molecule has 0 saturated carbocycles. The molecule has 0 atom stereocenters. The second kappa shape index (κ2) is 7.32. The number of carboxylic acid groups (broad SMARTS) is 1. The third kappa shape index (κ3) is 13.0. The molecule has 0 bridgehead atoms. The zero-order valence-electron chi connectivity index (χ0n) is 7.01. The van der Waals surface area contributed by atoms with E-state index < -0.39 is 16.4 Å². The maximum atomic E-state index is 10.1. The number of carbonyl (C=O) groups is 1. The average Bonchev–Trinajstić information content (AvgIpc) is 2.03. The predicted octanol–water partition coefficient (Wildman–Crippen LogP) is -0.561. The van der Waals surface area contributed by atoms with E-state index in [-0.39, 0.29) is 22.8 Å². The third-order valence-corrected chi connectivity index (χ3v) is 0.884. The molecule has 1 heterocycles. The Morgan fingerprint density at radius 2 is 1.80 bits per heavy atom. The molecule has 0 unspecified atom stereocenters. The van der Waals surface area contributed by atoms with E-state index in [9.17, 15) is 4.79 Å². The van der Waals surface area contributed by atoms with Gasteiger partial charge in [-0.2, -0.15) is 0 Å². The van der Waals surface area contributed by atoms with Crippen LogP contribution >= 0.6 is 0 Å². The summed E-state index contributed by atoms with van der Waals surface area (Å²) in [6.45, 7) is 0. The van der Waals surface area contributed by atoms with Crippen LogP contribution in [0.15, 0.2) is 24.4 Å². The van der Waals surface area contributed by atoms with E-state index in [0.717, 1.165) is 0 Å². The summed E-state index contributed by atoms with van der Waals surface area (Å²) in [6, 6.07) is 4.76. The van der Waals surface area contributed by atoms with Crippen LogP contribution in [0, 0.1) is 0 Å². The van der Waals surface area contributed by atoms with Crippen LogP contribution < -0.4 is 0 Å². The van der Waals surface area contributed by atoms with Gasteiger partial charge in [0.15, 0.2) is 0 Å². The van der Waals surface area contributed by atoms with Gasteiger partial charge in [-0.25, -0.2) is 9.78 Å². The molecule has 0 fully saturated rings. The molecule has 0 aromatic carbocycles. The summed E-state index contributed by atoms with van der Waals surface area (Å²) in [5, 5.41) is 8.32. The molecule has 0 amide bonds. The fourth-order valence-corrected chi connectivity index (χ4v) is 0.489. The maximum absolute atomic E-state index is 10.1. The first-order valence-corrected chi connectivity index (χ1v) is 4.45. The quantitative estimate of drug-likeness (QED) is 0.412. The topological polar surface area (TPSA) is 130 Å². The molecule has 0 aliphatic carbocycles. The van der Waals surface area contributed by atoms with Gasteiger partial charge in [0.25, 0.3) is 0 Å². The zero-order valence-corrected chi connectivity index (χ0v) is 8.93. The Balaban J connectivity index is 0. The van der Waals surface area contributed by atoms with Crippen molar-refractivity contribution in [2.45, 2.75) is 0 Å². The van der Waals surface area contributed by atoms with E-state index >= 15 is 0 Å². The molecule has 1 aromatic heterocycles. The monoisotopic (exact) mass is 275 g/mol. The summed E-state index contributed by atoms with van der Waals surface area (Å²) >= 11 is 0. The van der Waals surface area contributed by atoms with E-state index in [1.807, 2.05) is 0 Å². The molecule has 0 spiro atoms. The Kier molecular flexibility index (Phi) is 8.02. The van der Waals surface area contributed by atoms with Crippen molar-refractivity contribution in [2.24, 2.45) is 0 Å². The molecule has 15 heavy (non-hydrogen) atoms. The summed E-state index contributed by atoms with van der Waals surface area (Å²) in [7, 11) is -5.17. The fraction of sp³-hybridized carbons (Fsp3) is 0. The Hall–Kier alpha value is -0.991. The van der Waals surface area contributed by atoms with Crippen molar-refractivity contribution in [3.63, 3.8) is 0 Å². The fourth-order valence-electron chi connectivity index (χ4n) is 0.489. The van der Waals surface area contributed by atoms with Crippen molar-refractivity contribution in [2.75, 3.05) is 0 Å². The van der Waals surface area contributed by atoms with E-state index in [4.69, 9.17) is 22.6 Å². The second-order valence-corrected chi connectivity index (χ2v) is 2.74. The summed E-state index contributed by atoms with van der Waals surface area (Å²) in [6.07, 6.45) is 1.45. The molecule has 0 radical (unpaired) electrons. The summed E-state index contributed by atoms with van der Waals surface area (Å²) in [4.78, 5) is 13.7. The zero-order chi connectivity index (χ0) is 11.2. The van der Waals surface area contributed by atoms with Crippen LogP contribution in [0.4, 0.5) is 0 Å². The van der Waals surface area contributed by atoms with Crippen LogP contribution in [0.3, 0.4) is 0 Å². The Morgan fingerprint density at radius 3 is 2.00 bits per heavy atom. The van der Waals surface area contributed by atoms with Crippen molar-refractivity contribution in [1.29, 1.82) is 0 Å². The van der Waals surface area contributed by atoms with Crippen molar-refractivity contribution in [3.05, 3.63) is 30.1 Å². The first kappa shape index (κ1) is 16.4. The van der Waals surface area contributed by atoms with Crippen molar-refractivity contribution in [3.8, 4) is 0 Å². The maximum Gasteiger partial charge on any atom is 2.00 e. The van der Waals surface area contributed by atoms with Crippen molar-refractivity contribution < 1.29 is 44.5 Å². The molecule has 7 nitrogen and oxygen atoms in total. The second-order valence-electron chi connectivity index (χ2n) is 1.93. The van der Waals surface area contributed by atoms with Gasteiger partial charge in [0.05, 0.1) is 0 Å². The predicted molar refractivity (Wildman–Crippen MR) is 41.7 cm³/mol. The van der Waals surface area contributed by atoms with Gasteiger partial charge in [-0.1, -0.05) is 6.07 Å². The van der Waals surface area contributed by atoms with E-state index in [2.05, 4.69) is 4.98 Å². The number of pyridine rings is 1. The van der Waals surface area contributed by atoms with Gasteiger partial charge < -0.3 is 14.2 Å². The number of aromatic carboxylic acids is 1. The summed E-state index contributed by atoms with van der Waals surface area (Å²) in [5.41, 5.74) is 0.0810. The smallest absolute Gasteiger partial charge is 0.759 e. The number of hydrogen-bond donors (Lipinski definition) is 1. The number of hydrogen-bond acceptors (Lipinski definition) is 6. The number of nitrogens with zero attached hydrogens (tertiary/aromatic N) is 1. The molecule has 0 saturated heterocycles. The van der Waals surface area contributed by atoms with Crippen LogP contribution in [-0.2, 0) is 27.5 Å². The molecule has 1 N–H and O–H groups in total. The normalized spacial score (nSPS) is 9.20. The third-order valence-electron chi connectivity index (χ3n) is 0.884. The first-order chi connectivity index (χ1) is 6.30. The van der Waals surface area contributed by atoms with Gasteiger partial charge in [0.1, 0.15) is 5.69 Å². The first-order valence-electron chi connectivity index (χ1n) is 3.11. The van der Waals surface area contributed by atoms with Gasteiger partial charge >= 0.3 is 23.0 Å². The van der Waals surface area contributed by atoms with Crippen LogP contribution in [0.2, 0.25) is 0 Å². The molecule has 84 valence electrons. The van der Waals surface area contributed by atoms with E-state index in [1.165, 1.54) is 12.3 Å². The molecule has 9 heteroatoms. The molecule has 1 rings (SSSR count). The van der Waals surface area contributed by atoms with Crippen LogP contribution in [0.25, 0.3) is 0 Å². The van der Waals surface area contributed by atoms with E-state index in [1.54, 1.807) is 12.1 Å². The summed E-state index contributed by atoms with van der Waals surface area (Å²) in [5.74, 6) is -0.990. The van der Waals surface area contributed by atoms with Gasteiger partial charge in [-0.05, 0) is 12.1 Å². The molecule has 0 aliphatic heterocycles. The number of rotatable bonds is 1. The van der Waals surface area contributed by atoms with Gasteiger partial charge in [-0.3, -0.25) is 8.42 Å². The minimum atomic E-state index is -5.17. The van der Waals surface area contributed by atoms with Crippen LogP contribution in [0.5, 0.6) is 0 Å². The summed E-state index contributed by atoms with van der Waals surface area (Å²) < 4.78 is 34.1. The number of aromatic nitrogens is 1. The standard InChI is InChI=1S/C6H5NO2.Fe.H2O4S/c8-6(9)5-3-1-2-4-7-5;;1-5(2,3)4/h1-4H,(H,8,9);;(H2,1,2,3,4)/q;+2;/p-2.